The summed E-state index contributed by atoms with van der Waals surface area (Å²) in [4.78, 5) is 19.1. The third-order valence-corrected chi connectivity index (χ3v) is 12.6. The van der Waals surface area contributed by atoms with E-state index in [2.05, 4.69) is 197 Å². The molecule has 0 amide bonds. The largest absolute Gasteiger partial charge is 0.354 e. The van der Waals surface area contributed by atoms with Crippen molar-refractivity contribution in [3.05, 3.63) is 163 Å². The Hall–Kier alpha value is -6.04. The average molecular weight is 834 g/mol. The number of aromatic amines is 2. The molecule has 3 aromatic heterocycles. The lowest BCUT2D eigenvalue weighted by Gasteiger charge is -2.14. The molecule has 0 atom stereocenters. The maximum atomic E-state index is 5.61. The Balaban J connectivity index is 1.52. The van der Waals surface area contributed by atoms with Gasteiger partial charge in [0.15, 0.2) is 0 Å². The highest BCUT2D eigenvalue weighted by molar-refractivity contribution is 9.08. The van der Waals surface area contributed by atoms with Crippen LogP contribution in [-0.4, -0.2) is 19.9 Å². The second-order valence-electron chi connectivity index (χ2n) is 16.7. The predicted octanol–water partition coefficient (Wildman–Crippen LogP) is 15.0. The van der Waals surface area contributed by atoms with Gasteiger partial charge in [-0.3, -0.25) is 0 Å². The summed E-state index contributed by atoms with van der Waals surface area (Å²) in [6.45, 7) is 19.8. The fourth-order valence-corrected chi connectivity index (χ4v) is 10.2. The molecule has 5 heteroatoms. The normalized spacial score (nSPS) is 12.2. The number of nitrogens with one attached hydrogen (secondary N) is 2. The summed E-state index contributed by atoms with van der Waals surface area (Å²) in [5.74, 6) is 0. The fraction of sp³-hybridized carbons (Fsp3) is 0.185. The molecule has 4 nitrogen and oxygen atoms in total. The van der Waals surface area contributed by atoms with Crippen LogP contribution in [0.4, 0.5) is 0 Å². The third kappa shape index (κ3) is 6.81. The molecule has 8 bridgehead atoms. The van der Waals surface area contributed by atoms with Crippen LogP contribution >= 0.6 is 15.9 Å². The van der Waals surface area contributed by atoms with E-state index >= 15 is 0 Å². The van der Waals surface area contributed by atoms with E-state index in [0.717, 1.165) is 78.0 Å². The summed E-state index contributed by atoms with van der Waals surface area (Å²) in [5.41, 5.74) is 29.0. The standard InChI is InChI=1S/C54H49BrN4/c1-29-22-32(4)48(33(5)23-29)52-42-16-14-40(56-42)51(39-12-10-38(28-55)11-13-39)41-15-17-43(57-41)53(49-34(6)24-30(2)25-35(49)7)45-19-21-47(59-45)54(46-20-18-44(52)58-46)50-36(8)26-31(3)27-37(50)9/h10-27,56,59H,28H2,1-9H3. The highest BCUT2D eigenvalue weighted by atomic mass is 79.9. The number of halogens is 1. The molecule has 0 saturated heterocycles. The van der Waals surface area contributed by atoms with Crippen LogP contribution in [0.5, 0.6) is 0 Å². The molecular weight excluding hydrogens is 785 g/mol. The number of nitrogens with zero attached hydrogens (tertiary/aromatic N) is 2. The van der Waals surface area contributed by atoms with Crippen LogP contribution in [0.1, 0.15) is 78.4 Å². The zero-order valence-electron chi connectivity index (χ0n) is 35.4. The molecule has 2 aliphatic rings. The molecule has 0 unspecified atom stereocenters. The monoisotopic (exact) mass is 832 g/mol. The number of H-pyrrole nitrogens is 2. The van der Waals surface area contributed by atoms with Crippen molar-refractivity contribution < 1.29 is 0 Å². The molecule has 4 aromatic carbocycles. The molecular formula is C54H49BrN4. The Bertz CT molecular complexity index is 2990. The minimum Gasteiger partial charge on any atom is -0.354 e. The molecule has 292 valence electrons. The van der Waals surface area contributed by atoms with Crippen LogP contribution in [0.2, 0.25) is 0 Å². The van der Waals surface area contributed by atoms with E-state index in [1.54, 1.807) is 0 Å². The Kier molecular flexibility index (Phi) is 9.76. The van der Waals surface area contributed by atoms with E-state index in [1.165, 1.54) is 72.3 Å². The van der Waals surface area contributed by atoms with E-state index in [1.807, 2.05) is 0 Å². The molecule has 0 radical (unpaired) electrons. The molecule has 0 fully saturated rings. The molecule has 7 aromatic rings. The van der Waals surface area contributed by atoms with E-state index in [0.29, 0.717) is 0 Å². The summed E-state index contributed by atoms with van der Waals surface area (Å²) in [7, 11) is 0. The Labute approximate surface area is 356 Å². The molecule has 59 heavy (non-hydrogen) atoms. The second kappa shape index (κ2) is 15.0. The van der Waals surface area contributed by atoms with Gasteiger partial charge in [-0.2, -0.15) is 0 Å². The minimum absolute atomic E-state index is 0.796. The lowest BCUT2D eigenvalue weighted by molar-refractivity contribution is 1.27. The molecule has 2 N–H and O–H groups in total. The lowest BCUT2D eigenvalue weighted by Crippen LogP contribution is -1.96. The van der Waals surface area contributed by atoms with Gasteiger partial charge in [-0.25, -0.2) is 9.97 Å². The van der Waals surface area contributed by atoms with Crippen molar-refractivity contribution in [2.75, 3.05) is 0 Å². The van der Waals surface area contributed by atoms with E-state index in [9.17, 15) is 0 Å². The second-order valence-corrected chi connectivity index (χ2v) is 17.2. The van der Waals surface area contributed by atoms with Gasteiger partial charge in [0, 0.05) is 49.7 Å². The lowest BCUT2D eigenvalue weighted by atomic mass is 9.92. The summed E-state index contributed by atoms with van der Waals surface area (Å²) in [5, 5.41) is 0.796. The first-order valence-corrected chi connectivity index (χ1v) is 21.6. The minimum atomic E-state index is 0.796. The zero-order chi connectivity index (χ0) is 41.3. The number of benzene rings is 4. The van der Waals surface area contributed by atoms with Gasteiger partial charge in [-0.15, -0.1) is 0 Å². The van der Waals surface area contributed by atoms with Gasteiger partial charge in [0.1, 0.15) is 0 Å². The maximum absolute atomic E-state index is 5.61. The zero-order valence-corrected chi connectivity index (χ0v) is 37.0. The molecule has 0 saturated carbocycles. The van der Waals surface area contributed by atoms with E-state index < -0.39 is 0 Å². The Morgan fingerprint density at radius 1 is 0.373 bits per heavy atom. The van der Waals surface area contributed by atoms with E-state index in [-0.39, 0.29) is 0 Å². The van der Waals surface area contributed by atoms with Crippen molar-refractivity contribution in [2.24, 2.45) is 0 Å². The van der Waals surface area contributed by atoms with Crippen molar-refractivity contribution in [3.63, 3.8) is 0 Å². The number of fused-ring (bicyclic) bond motifs is 8. The van der Waals surface area contributed by atoms with Crippen LogP contribution < -0.4 is 0 Å². The molecule has 9 rings (SSSR count). The number of hydrogen-bond donors (Lipinski definition) is 2. The quantitative estimate of drug-likeness (QED) is 0.170. The number of aryl methyl sites for hydroxylation is 9. The Morgan fingerprint density at radius 3 is 0.966 bits per heavy atom. The van der Waals surface area contributed by atoms with Crippen molar-refractivity contribution in [1.82, 2.24) is 19.9 Å². The molecule has 2 aliphatic heterocycles. The highest BCUT2D eigenvalue weighted by Gasteiger charge is 2.22. The molecule has 0 spiro atoms. The first-order valence-electron chi connectivity index (χ1n) is 20.4. The summed E-state index contributed by atoms with van der Waals surface area (Å²) in [6, 6.07) is 31.4. The number of aromatic nitrogens is 4. The van der Waals surface area contributed by atoms with Crippen LogP contribution in [0, 0.1) is 62.3 Å². The average Bonchev–Trinajstić information content (AvgIpc) is 4.02. The van der Waals surface area contributed by atoms with Crippen molar-refractivity contribution in [2.45, 2.75) is 67.6 Å². The SMILES string of the molecule is Cc1cc(C)c(-c2c3nc(c(-c4c(C)cc(C)cc4C)c4ccc([nH]4)c(-c4c(C)cc(C)cc4C)c4nc(c(-c5ccc(CBr)cc5)c5ccc2[nH]5)C=C4)C=C3)c(C)c1. The summed E-state index contributed by atoms with van der Waals surface area (Å²) < 4.78 is 0. The first kappa shape index (κ1) is 38.5. The molecule has 5 heterocycles. The van der Waals surface area contributed by atoms with Gasteiger partial charge in [-0.1, -0.05) is 93.3 Å². The molecule has 0 aliphatic carbocycles. The van der Waals surface area contributed by atoms with Gasteiger partial charge < -0.3 is 9.97 Å². The van der Waals surface area contributed by atoms with Crippen molar-refractivity contribution in [3.8, 4) is 44.5 Å². The van der Waals surface area contributed by atoms with Crippen LogP contribution in [0.15, 0.2) is 84.9 Å². The van der Waals surface area contributed by atoms with Gasteiger partial charge in [0.25, 0.3) is 0 Å². The van der Waals surface area contributed by atoms with Crippen molar-refractivity contribution >= 4 is 62.3 Å². The van der Waals surface area contributed by atoms with Crippen LogP contribution in [0.25, 0.3) is 90.9 Å². The van der Waals surface area contributed by atoms with Crippen LogP contribution in [-0.2, 0) is 5.33 Å². The Morgan fingerprint density at radius 2 is 0.661 bits per heavy atom. The van der Waals surface area contributed by atoms with E-state index in [4.69, 9.17) is 9.97 Å². The maximum Gasteiger partial charge on any atom is 0.0737 e. The van der Waals surface area contributed by atoms with Crippen molar-refractivity contribution in [1.29, 1.82) is 0 Å². The van der Waals surface area contributed by atoms with Gasteiger partial charge in [0.05, 0.1) is 22.8 Å². The van der Waals surface area contributed by atoms with Gasteiger partial charge >= 0.3 is 0 Å². The smallest absolute Gasteiger partial charge is 0.0737 e. The predicted molar refractivity (Wildman–Crippen MR) is 256 cm³/mol. The first-order chi connectivity index (χ1) is 28.4. The topological polar surface area (TPSA) is 57.4 Å². The van der Waals surface area contributed by atoms with Gasteiger partial charge in [0.2, 0.25) is 0 Å². The van der Waals surface area contributed by atoms with Crippen LogP contribution in [0.3, 0.4) is 0 Å². The summed E-state index contributed by atoms with van der Waals surface area (Å²) >= 11 is 3.66. The highest BCUT2D eigenvalue weighted by Crippen LogP contribution is 2.42. The summed E-state index contributed by atoms with van der Waals surface area (Å²) in [6.07, 6.45) is 8.79. The third-order valence-electron chi connectivity index (χ3n) is 11.9. The number of rotatable bonds is 5. The van der Waals surface area contributed by atoms with Gasteiger partial charge in [-0.05, 0) is 172 Å². The number of alkyl halides is 1. The number of hydrogen-bond acceptors (Lipinski definition) is 2. The fourth-order valence-electron chi connectivity index (χ4n) is 9.78.